The fourth-order valence-electron chi connectivity index (χ4n) is 3.12. The molecular formula is C15H28N4O2. The molecule has 0 aromatic carbocycles. The molecular weight excluding hydrogens is 268 g/mol. The second-order valence-electron chi connectivity index (χ2n) is 6.61. The quantitative estimate of drug-likeness (QED) is 0.700. The Morgan fingerprint density at radius 3 is 2.24 bits per heavy atom. The summed E-state index contributed by atoms with van der Waals surface area (Å²) in [4.78, 5) is 29.6. The maximum atomic E-state index is 11.9. The number of nitrogens with zero attached hydrogens (tertiary/aromatic N) is 3. The molecule has 0 aromatic heterocycles. The SMILES string of the molecule is CC(C)C(CNC1CC(=O)N(C)C1=O)N1CCN(C)CC1. The van der Waals surface area contributed by atoms with Crippen molar-refractivity contribution in [3.8, 4) is 0 Å². The first kappa shape index (κ1) is 16.4. The van der Waals surface area contributed by atoms with E-state index >= 15 is 0 Å². The van der Waals surface area contributed by atoms with E-state index in [4.69, 9.17) is 0 Å². The predicted octanol–water partition coefficient (Wildman–Crippen LogP) is -0.395. The number of carbonyl (C=O) groups is 2. The van der Waals surface area contributed by atoms with Gasteiger partial charge in [-0.2, -0.15) is 0 Å². The normalized spacial score (nSPS) is 26.9. The van der Waals surface area contributed by atoms with Crippen molar-refractivity contribution in [3.63, 3.8) is 0 Å². The first-order chi connectivity index (χ1) is 9.90. The average Bonchev–Trinajstić information content (AvgIpc) is 2.68. The van der Waals surface area contributed by atoms with Crippen molar-refractivity contribution in [1.29, 1.82) is 0 Å². The highest BCUT2D eigenvalue weighted by Crippen LogP contribution is 2.15. The number of nitrogens with one attached hydrogen (secondary N) is 1. The van der Waals surface area contributed by atoms with Gasteiger partial charge < -0.3 is 10.2 Å². The van der Waals surface area contributed by atoms with Gasteiger partial charge in [0.15, 0.2) is 0 Å². The van der Waals surface area contributed by atoms with Crippen LogP contribution in [0.15, 0.2) is 0 Å². The Balaban J connectivity index is 1.89. The fourth-order valence-corrected chi connectivity index (χ4v) is 3.12. The highest BCUT2D eigenvalue weighted by atomic mass is 16.2. The van der Waals surface area contributed by atoms with Gasteiger partial charge in [-0.15, -0.1) is 0 Å². The molecule has 2 aliphatic rings. The second-order valence-corrected chi connectivity index (χ2v) is 6.61. The third-order valence-corrected chi connectivity index (χ3v) is 4.73. The van der Waals surface area contributed by atoms with Crippen LogP contribution in [0.4, 0.5) is 0 Å². The highest BCUT2D eigenvalue weighted by Gasteiger charge is 2.36. The molecule has 2 fully saturated rings. The van der Waals surface area contributed by atoms with Crippen LogP contribution in [0.1, 0.15) is 20.3 Å². The van der Waals surface area contributed by atoms with Crippen molar-refractivity contribution in [3.05, 3.63) is 0 Å². The van der Waals surface area contributed by atoms with Gasteiger partial charge in [-0.05, 0) is 13.0 Å². The summed E-state index contributed by atoms with van der Waals surface area (Å²) in [7, 11) is 3.71. The summed E-state index contributed by atoms with van der Waals surface area (Å²) in [6.45, 7) is 9.52. The number of likely N-dealkylation sites (tertiary alicyclic amines) is 1. The molecule has 0 aromatic rings. The Kier molecular flexibility index (Phi) is 5.35. The van der Waals surface area contributed by atoms with E-state index in [1.807, 2.05) is 0 Å². The molecule has 2 heterocycles. The third kappa shape index (κ3) is 3.81. The summed E-state index contributed by atoms with van der Waals surface area (Å²) in [5.74, 6) is 0.338. The molecule has 120 valence electrons. The summed E-state index contributed by atoms with van der Waals surface area (Å²) in [5.41, 5.74) is 0. The number of amides is 2. The molecule has 2 amide bonds. The second kappa shape index (κ2) is 6.85. The lowest BCUT2D eigenvalue weighted by Gasteiger charge is -2.40. The van der Waals surface area contributed by atoms with Crippen LogP contribution in [-0.2, 0) is 9.59 Å². The van der Waals surface area contributed by atoms with Gasteiger partial charge in [-0.1, -0.05) is 13.8 Å². The zero-order valence-electron chi connectivity index (χ0n) is 13.6. The molecule has 0 saturated carbocycles. The molecule has 2 unspecified atom stereocenters. The first-order valence-electron chi connectivity index (χ1n) is 7.86. The van der Waals surface area contributed by atoms with Crippen LogP contribution in [0.5, 0.6) is 0 Å². The molecule has 6 heteroatoms. The van der Waals surface area contributed by atoms with E-state index < -0.39 is 0 Å². The molecule has 2 aliphatic heterocycles. The van der Waals surface area contributed by atoms with E-state index in [9.17, 15) is 9.59 Å². The standard InChI is InChI=1S/C15H28N4O2/c1-11(2)13(19-7-5-17(3)6-8-19)10-16-12-9-14(20)18(4)15(12)21/h11-13,16H,5-10H2,1-4H3. The summed E-state index contributed by atoms with van der Waals surface area (Å²) in [6.07, 6.45) is 0.295. The van der Waals surface area contributed by atoms with Crippen molar-refractivity contribution in [1.82, 2.24) is 20.0 Å². The lowest BCUT2D eigenvalue weighted by atomic mass is 10.0. The molecule has 0 radical (unpaired) electrons. The van der Waals surface area contributed by atoms with Crippen molar-refractivity contribution in [2.75, 3.05) is 46.8 Å². The summed E-state index contributed by atoms with van der Waals surface area (Å²) in [6, 6.07) is 0.0729. The highest BCUT2D eigenvalue weighted by molar-refractivity contribution is 6.05. The van der Waals surface area contributed by atoms with Crippen molar-refractivity contribution >= 4 is 11.8 Å². The third-order valence-electron chi connectivity index (χ3n) is 4.73. The van der Waals surface area contributed by atoms with E-state index in [0.717, 1.165) is 32.7 Å². The number of likely N-dealkylation sites (N-methyl/N-ethyl adjacent to an activating group) is 2. The van der Waals surface area contributed by atoms with Crippen LogP contribution < -0.4 is 5.32 Å². The predicted molar refractivity (Wildman–Crippen MR) is 81.9 cm³/mol. The van der Waals surface area contributed by atoms with Gasteiger partial charge in [-0.3, -0.25) is 19.4 Å². The molecule has 0 spiro atoms. The lowest BCUT2D eigenvalue weighted by molar-refractivity contribution is -0.137. The summed E-state index contributed by atoms with van der Waals surface area (Å²) < 4.78 is 0. The van der Waals surface area contributed by atoms with E-state index in [-0.39, 0.29) is 17.9 Å². The Morgan fingerprint density at radius 1 is 1.14 bits per heavy atom. The summed E-state index contributed by atoms with van der Waals surface area (Å²) >= 11 is 0. The zero-order chi connectivity index (χ0) is 15.6. The minimum atomic E-state index is -0.337. The number of imide groups is 1. The fraction of sp³-hybridized carbons (Fsp3) is 0.867. The smallest absolute Gasteiger partial charge is 0.246 e. The van der Waals surface area contributed by atoms with Gasteiger partial charge in [0.2, 0.25) is 11.8 Å². The van der Waals surface area contributed by atoms with Crippen LogP contribution in [0.2, 0.25) is 0 Å². The number of carbonyl (C=O) groups excluding carboxylic acids is 2. The maximum Gasteiger partial charge on any atom is 0.246 e. The van der Waals surface area contributed by atoms with E-state index in [0.29, 0.717) is 18.4 Å². The molecule has 0 aliphatic carbocycles. The number of piperazine rings is 1. The molecule has 1 N–H and O–H groups in total. The Bertz CT molecular complexity index is 391. The Hall–Kier alpha value is -0.980. The van der Waals surface area contributed by atoms with Crippen LogP contribution in [0.25, 0.3) is 0 Å². The molecule has 2 saturated heterocycles. The van der Waals surface area contributed by atoms with Crippen LogP contribution >= 0.6 is 0 Å². The number of hydrogen-bond acceptors (Lipinski definition) is 5. The van der Waals surface area contributed by atoms with Gasteiger partial charge in [0.1, 0.15) is 0 Å². The maximum absolute atomic E-state index is 11.9. The van der Waals surface area contributed by atoms with Gasteiger partial charge >= 0.3 is 0 Å². The van der Waals surface area contributed by atoms with Crippen molar-refractivity contribution < 1.29 is 9.59 Å². The van der Waals surface area contributed by atoms with Crippen molar-refractivity contribution in [2.24, 2.45) is 5.92 Å². The van der Waals surface area contributed by atoms with Crippen LogP contribution in [0.3, 0.4) is 0 Å². The minimum absolute atomic E-state index is 0.0850. The van der Waals surface area contributed by atoms with Crippen molar-refractivity contribution in [2.45, 2.75) is 32.4 Å². The Labute approximate surface area is 127 Å². The van der Waals surface area contributed by atoms with E-state index in [2.05, 4.69) is 36.0 Å². The first-order valence-corrected chi connectivity index (χ1v) is 7.86. The van der Waals surface area contributed by atoms with Gasteiger partial charge in [0.05, 0.1) is 12.5 Å². The Morgan fingerprint density at radius 2 is 1.76 bits per heavy atom. The minimum Gasteiger partial charge on any atom is -0.304 e. The molecule has 21 heavy (non-hydrogen) atoms. The largest absolute Gasteiger partial charge is 0.304 e. The average molecular weight is 296 g/mol. The van der Waals surface area contributed by atoms with Crippen LogP contribution in [0, 0.1) is 5.92 Å². The molecule has 2 atom stereocenters. The van der Waals surface area contributed by atoms with E-state index in [1.54, 1.807) is 7.05 Å². The zero-order valence-corrected chi connectivity index (χ0v) is 13.6. The van der Waals surface area contributed by atoms with Crippen LogP contribution in [-0.4, -0.2) is 85.4 Å². The summed E-state index contributed by atoms with van der Waals surface area (Å²) in [5, 5.41) is 3.31. The number of rotatable bonds is 5. The van der Waals surface area contributed by atoms with Gasteiger partial charge in [0, 0.05) is 45.8 Å². The topological polar surface area (TPSA) is 55.9 Å². The molecule has 0 bridgehead atoms. The lowest BCUT2D eigenvalue weighted by Crippen LogP contribution is -2.55. The van der Waals surface area contributed by atoms with Gasteiger partial charge in [0.25, 0.3) is 0 Å². The van der Waals surface area contributed by atoms with Gasteiger partial charge in [-0.25, -0.2) is 0 Å². The number of hydrogen-bond donors (Lipinski definition) is 1. The van der Waals surface area contributed by atoms with E-state index in [1.165, 1.54) is 4.90 Å². The monoisotopic (exact) mass is 296 g/mol. The molecule has 2 rings (SSSR count). The molecule has 6 nitrogen and oxygen atoms in total.